The first-order valence-electron chi connectivity index (χ1n) is 9.29. The van der Waals surface area contributed by atoms with Gasteiger partial charge in [-0.05, 0) is 72.9 Å². The molecule has 3 rings (SSSR count). The van der Waals surface area contributed by atoms with E-state index in [1.807, 2.05) is 47.4 Å². The lowest BCUT2D eigenvalue weighted by molar-refractivity contribution is -0.118. The predicted octanol–water partition coefficient (Wildman–Crippen LogP) is 6.43. The Bertz CT molecular complexity index is 970. The molecule has 0 N–H and O–H groups in total. The number of hydrogen-bond acceptors (Lipinski definition) is 1. The summed E-state index contributed by atoms with van der Waals surface area (Å²) in [4.78, 5) is 15.0. The number of hydrogen-bond donors (Lipinski definition) is 0. The standard InChI is InChI=1S/C24H23Cl2NO/c1-17-8-10-22(14-18(17)2)27(24(28)15-19-6-4-3-5-7-19)13-12-20-16-21(25)9-11-23(20)26/h3-11,14,16H,12-13,15H2,1-2H3. The minimum atomic E-state index is 0.0626. The van der Waals surface area contributed by atoms with E-state index in [9.17, 15) is 4.79 Å². The lowest BCUT2D eigenvalue weighted by Gasteiger charge is -2.24. The van der Waals surface area contributed by atoms with E-state index < -0.39 is 0 Å². The van der Waals surface area contributed by atoms with Crippen molar-refractivity contribution in [2.24, 2.45) is 0 Å². The third-order valence-corrected chi connectivity index (χ3v) is 5.52. The second kappa shape index (κ2) is 9.27. The van der Waals surface area contributed by atoms with Crippen molar-refractivity contribution in [2.75, 3.05) is 11.4 Å². The van der Waals surface area contributed by atoms with Crippen molar-refractivity contribution < 1.29 is 4.79 Å². The Morgan fingerprint density at radius 2 is 1.64 bits per heavy atom. The van der Waals surface area contributed by atoms with Crippen LogP contribution in [0.5, 0.6) is 0 Å². The molecule has 0 aliphatic carbocycles. The highest BCUT2D eigenvalue weighted by atomic mass is 35.5. The molecule has 0 saturated heterocycles. The lowest BCUT2D eigenvalue weighted by atomic mass is 10.1. The van der Waals surface area contributed by atoms with Gasteiger partial charge in [0.15, 0.2) is 0 Å². The highest BCUT2D eigenvalue weighted by molar-refractivity contribution is 6.33. The van der Waals surface area contributed by atoms with Gasteiger partial charge >= 0.3 is 0 Å². The van der Waals surface area contributed by atoms with Crippen molar-refractivity contribution in [2.45, 2.75) is 26.7 Å². The van der Waals surface area contributed by atoms with Crippen LogP contribution in [0, 0.1) is 13.8 Å². The van der Waals surface area contributed by atoms with E-state index in [1.54, 1.807) is 12.1 Å². The van der Waals surface area contributed by atoms with E-state index >= 15 is 0 Å². The van der Waals surface area contributed by atoms with E-state index in [1.165, 1.54) is 5.56 Å². The first-order chi connectivity index (χ1) is 13.4. The maximum atomic E-state index is 13.1. The van der Waals surface area contributed by atoms with Gasteiger partial charge in [-0.25, -0.2) is 0 Å². The fraction of sp³-hybridized carbons (Fsp3) is 0.208. The smallest absolute Gasteiger partial charge is 0.231 e. The van der Waals surface area contributed by atoms with Gasteiger partial charge in [0, 0.05) is 22.3 Å². The van der Waals surface area contributed by atoms with Crippen LogP contribution in [-0.2, 0) is 17.6 Å². The van der Waals surface area contributed by atoms with E-state index in [-0.39, 0.29) is 5.91 Å². The van der Waals surface area contributed by atoms with Crippen LogP contribution in [0.1, 0.15) is 22.3 Å². The summed E-state index contributed by atoms with van der Waals surface area (Å²) in [5.41, 5.74) is 5.22. The van der Waals surface area contributed by atoms with Gasteiger partial charge in [-0.2, -0.15) is 0 Å². The average Bonchev–Trinajstić information content (AvgIpc) is 2.68. The average molecular weight is 412 g/mol. The Kier molecular flexibility index (Phi) is 6.77. The molecule has 3 aromatic carbocycles. The summed E-state index contributed by atoms with van der Waals surface area (Å²) >= 11 is 12.4. The Labute approximate surface area is 176 Å². The molecule has 0 aliphatic rings. The lowest BCUT2D eigenvalue weighted by Crippen LogP contribution is -2.34. The van der Waals surface area contributed by atoms with E-state index in [0.717, 1.165) is 22.4 Å². The maximum absolute atomic E-state index is 13.1. The van der Waals surface area contributed by atoms with Crippen molar-refractivity contribution >= 4 is 34.8 Å². The number of aryl methyl sites for hydroxylation is 2. The molecule has 0 aromatic heterocycles. The third kappa shape index (κ3) is 5.15. The van der Waals surface area contributed by atoms with Gasteiger partial charge in [0.2, 0.25) is 5.91 Å². The fourth-order valence-corrected chi connectivity index (χ4v) is 3.53. The number of carbonyl (C=O) groups is 1. The second-order valence-corrected chi connectivity index (χ2v) is 7.81. The molecule has 0 heterocycles. The molecular weight excluding hydrogens is 389 g/mol. The molecule has 0 aliphatic heterocycles. The predicted molar refractivity (Wildman–Crippen MR) is 119 cm³/mol. The normalized spacial score (nSPS) is 10.7. The van der Waals surface area contributed by atoms with Crippen LogP contribution in [0.25, 0.3) is 0 Å². The topological polar surface area (TPSA) is 20.3 Å². The molecule has 0 radical (unpaired) electrons. The van der Waals surface area contributed by atoms with Crippen molar-refractivity contribution in [1.82, 2.24) is 0 Å². The molecule has 3 aromatic rings. The quantitative estimate of drug-likeness (QED) is 0.457. The van der Waals surface area contributed by atoms with Crippen molar-refractivity contribution in [1.29, 1.82) is 0 Å². The molecule has 0 bridgehead atoms. The first-order valence-corrected chi connectivity index (χ1v) is 10.0. The number of anilines is 1. The highest BCUT2D eigenvalue weighted by Crippen LogP contribution is 2.24. The molecule has 4 heteroatoms. The number of amides is 1. The molecule has 28 heavy (non-hydrogen) atoms. The summed E-state index contributed by atoms with van der Waals surface area (Å²) in [6.07, 6.45) is 0.990. The molecule has 2 nitrogen and oxygen atoms in total. The SMILES string of the molecule is Cc1ccc(N(CCc2cc(Cl)ccc2Cl)C(=O)Cc2ccccc2)cc1C. The van der Waals surface area contributed by atoms with Gasteiger partial charge in [0.05, 0.1) is 6.42 Å². The maximum Gasteiger partial charge on any atom is 0.231 e. The largest absolute Gasteiger partial charge is 0.312 e. The number of rotatable bonds is 6. The van der Waals surface area contributed by atoms with Crippen LogP contribution in [0.15, 0.2) is 66.7 Å². The Morgan fingerprint density at radius 1 is 0.893 bits per heavy atom. The third-order valence-electron chi connectivity index (χ3n) is 4.91. The summed E-state index contributed by atoms with van der Waals surface area (Å²) in [7, 11) is 0. The zero-order chi connectivity index (χ0) is 20.1. The zero-order valence-electron chi connectivity index (χ0n) is 16.1. The summed E-state index contributed by atoms with van der Waals surface area (Å²) in [6.45, 7) is 4.67. The number of benzene rings is 3. The summed E-state index contributed by atoms with van der Waals surface area (Å²) in [6, 6.07) is 21.4. The van der Waals surface area contributed by atoms with Crippen LogP contribution < -0.4 is 4.90 Å². The second-order valence-electron chi connectivity index (χ2n) is 6.96. The molecule has 0 fully saturated rings. The highest BCUT2D eigenvalue weighted by Gasteiger charge is 2.17. The van der Waals surface area contributed by atoms with Gasteiger partial charge in [-0.1, -0.05) is 59.6 Å². The van der Waals surface area contributed by atoms with Gasteiger partial charge in [-0.15, -0.1) is 0 Å². The molecule has 144 valence electrons. The van der Waals surface area contributed by atoms with Crippen molar-refractivity contribution in [3.63, 3.8) is 0 Å². The summed E-state index contributed by atoms with van der Waals surface area (Å²) < 4.78 is 0. The van der Waals surface area contributed by atoms with Crippen LogP contribution in [-0.4, -0.2) is 12.5 Å². The van der Waals surface area contributed by atoms with Gasteiger partial charge in [0.1, 0.15) is 0 Å². The van der Waals surface area contributed by atoms with Crippen LogP contribution in [0.4, 0.5) is 5.69 Å². The van der Waals surface area contributed by atoms with Crippen LogP contribution in [0.2, 0.25) is 10.0 Å². The number of carbonyl (C=O) groups excluding carboxylic acids is 1. The molecular formula is C24H23Cl2NO. The van der Waals surface area contributed by atoms with E-state index in [4.69, 9.17) is 23.2 Å². The van der Waals surface area contributed by atoms with Gasteiger partial charge in [0.25, 0.3) is 0 Å². The van der Waals surface area contributed by atoms with Crippen LogP contribution >= 0.6 is 23.2 Å². The van der Waals surface area contributed by atoms with Crippen molar-refractivity contribution in [3.05, 3.63) is 99.0 Å². The number of halogens is 2. The molecule has 0 atom stereocenters. The van der Waals surface area contributed by atoms with Crippen molar-refractivity contribution in [3.8, 4) is 0 Å². The Morgan fingerprint density at radius 3 is 2.36 bits per heavy atom. The summed E-state index contributed by atoms with van der Waals surface area (Å²) in [5.74, 6) is 0.0626. The Hall–Kier alpha value is -2.29. The monoisotopic (exact) mass is 411 g/mol. The fourth-order valence-electron chi connectivity index (χ4n) is 3.12. The first kappa shape index (κ1) is 20.4. The van der Waals surface area contributed by atoms with E-state index in [0.29, 0.717) is 29.4 Å². The van der Waals surface area contributed by atoms with Gasteiger partial charge in [-0.3, -0.25) is 4.79 Å². The van der Waals surface area contributed by atoms with Crippen LogP contribution in [0.3, 0.4) is 0 Å². The molecule has 0 spiro atoms. The minimum Gasteiger partial charge on any atom is -0.312 e. The molecule has 0 unspecified atom stereocenters. The molecule has 0 saturated carbocycles. The zero-order valence-corrected chi connectivity index (χ0v) is 17.6. The summed E-state index contributed by atoms with van der Waals surface area (Å²) in [5, 5.41) is 1.31. The number of nitrogens with zero attached hydrogens (tertiary/aromatic N) is 1. The minimum absolute atomic E-state index is 0.0626. The molecule has 1 amide bonds. The van der Waals surface area contributed by atoms with Gasteiger partial charge < -0.3 is 4.90 Å². The Balaban J connectivity index is 1.86. The van der Waals surface area contributed by atoms with E-state index in [2.05, 4.69) is 26.0 Å².